The van der Waals surface area contributed by atoms with Crippen molar-refractivity contribution in [1.82, 2.24) is 15.5 Å². The Hall–Kier alpha value is -3.15. The number of rotatable bonds is 6. The Bertz CT molecular complexity index is 949. The summed E-state index contributed by atoms with van der Waals surface area (Å²) in [4.78, 5) is 16.6. The number of hydrogen-bond donors (Lipinski definition) is 1. The highest BCUT2D eigenvalue weighted by Crippen LogP contribution is 2.20. The van der Waals surface area contributed by atoms with E-state index in [0.717, 1.165) is 22.3 Å². The molecule has 0 aliphatic heterocycles. The Balaban J connectivity index is 1.58. The summed E-state index contributed by atoms with van der Waals surface area (Å²) in [7, 11) is 0. The number of ether oxygens (including phenoxy) is 1. The second-order valence-electron chi connectivity index (χ2n) is 6.63. The summed E-state index contributed by atoms with van der Waals surface area (Å²) < 4.78 is 11.0. The van der Waals surface area contributed by atoms with Gasteiger partial charge in [-0.3, -0.25) is 4.79 Å². The molecule has 1 heterocycles. The Morgan fingerprint density at radius 2 is 1.93 bits per heavy atom. The number of benzene rings is 2. The molecule has 1 N–H and O–H groups in total. The van der Waals surface area contributed by atoms with Crippen LogP contribution in [0.15, 0.2) is 47.0 Å². The second-order valence-corrected chi connectivity index (χ2v) is 6.63. The SMILES string of the molecule is Cc1cccc(-c2noc(CNC(=O)[C@H](C)Oc3cc(C)ccc3C)n2)c1. The third kappa shape index (κ3) is 4.73. The first-order valence-electron chi connectivity index (χ1n) is 8.83. The van der Waals surface area contributed by atoms with Crippen molar-refractivity contribution in [2.75, 3.05) is 0 Å². The molecule has 0 saturated carbocycles. The number of aromatic nitrogens is 2. The molecule has 3 rings (SSSR count). The van der Waals surface area contributed by atoms with Crippen molar-refractivity contribution in [1.29, 1.82) is 0 Å². The zero-order valence-corrected chi connectivity index (χ0v) is 15.9. The summed E-state index contributed by atoms with van der Waals surface area (Å²) in [5, 5.41) is 6.74. The van der Waals surface area contributed by atoms with Gasteiger partial charge in [0.25, 0.3) is 5.91 Å². The molecule has 27 heavy (non-hydrogen) atoms. The largest absolute Gasteiger partial charge is 0.481 e. The maximum absolute atomic E-state index is 12.3. The first-order chi connectivity index (χ1) is 12.9. The summed E-state index contributed by atoms with van der Waals surface area (Å²) in [6.45, 7) is 7.80. The van der Waals surface area contributed by atoms with Gasteiger partial charge in [0.15, 0.2) is 6.10 Å². The van der Waals surface area contributed by atoms with E-state index < -0.39 is 6.10 Å². The smallest absolute Gasteiger partial charge is 0.261 e. The lowest BCUT2D eigenvalue weighted by Gasteiger charge is -2.16. The van der Waals surface area contributed by atoms with E-state index in [1.54, 1.807) is 6.92 Å². The first kappa shape index (κ1) is 18.6. The molecule has 0 bridgehead atoms. The van der Waals surface area contributed by atoms with Crippen molar-refractivity contribution < 1.29 is 14.1 Å². The third-order valence-electron chi connectivity index (χ3n) is 4.17. The Kier molecular flexibility index (Phi) is 5.54. The van der Waals surface area contributed by atoms with Crippen LogP contribution >= 0.6 is 0 Å². The number of carbonyl (C=O) groups is 1. The van der Waals surface area contributed by atoms with E-state index in [1.165, 1.54) is 0 Å². The van der Waals surface area contributed by atoms with Crippen LogP contribution in [0.2, 0.25) is 0 Å². The topological polar surface area (TPSA) is 77.2 Å². The summed E-state index contributed by atoms with van der Waals surface area (Å²) in [5.41, 5.74) is 4.06. The van der Waals surface area contributed by atoms with Gasteiger partial charge in [0.05, 0.1) is 6.54 Å². The van der Waals surface area contributed by atoms with E-state index in [4.69, 9.17) is 9.26 Å². The Morgan fingerprint density at radius 3 is 2.70 bits per heavy atom. The summed E-state index contributed by atoms with van der Waals surface area (Å²) in [5.74, 6) is 1.31. The predicted molar refractivity (Wildman–Crippen MR) is 102 cm³/mol. The molecule has 0 aliphatic rings. The van der Waals surface area contributed by atoms with Crippen LogP contribution in [-0.4, -0.2) is 22.2 Å². The zero-order chi connectivity index (χ0) is 19.4. The Labute approximate surface area is 158 Å². The molecule has 2 aromatic carbocycles. The van der Waals surface area contributed by atoms with Crippen LogP contribution in [0.5, 0.6) is 5.75 Å². The number of nitrogens with zero attached hydrogens (tertiary/aromatic N) is 2. The lowest BCUT2D eigenvalue weighted by Crippen LogP contribution is -2.36. The van der Waals surface area contributed by atoms with Crippen LogP contribution in [0.3, 0.4) is 0 Å². The van der Waals surface area contributed by atoms with E-state index in [2.05, 4.69) is 15.5 Å². The highest BCUT2D eigenvalue weighted by Gasteiger charge is 2.17. The molecule has 1 atom stereocenters. The average molecular weight is 365 g/mol. The molecule has 1 aromatic heterocycles. The van der Waals surface area contributed by atoms with Crippen molar-refractivity contribution in [2.45, 2.75) is 40.3 Å². The molecule has 0 radical (unpaired) electrons. The molecule has 3 aromatic rings. The monoisotopic (exact) mass is 365 g/mol. The molecule has 0 saturated heterocycles. The van der Waals surface area contributed by atoms with Crippen molar-refractivity contribution in [2.24, 2.45) is 0 Å². The molecule has 140 valence electrons. The van der Waals surface area contributed by atoms with Gasteiger partial charge in [0.1, 0.15) is 5.75 Å². The van der Waals surface area contributed by atoms with E-state index in [9.17, 15) is 4.79 Å². The van der Waals surface area contributed by atoms with Gasteiger partial charge in [-0.2, -0.15) is 4.98 Å². The molecule has 0 unspecified atom stereocenters. The average Bonchev–Trinajstić information content (AvgIpc) is 3.12. The van der Waals surface area contributed by atoms with Gasteiger partial charge in [-0.15, -0.1) is 0 Å². The molecular formula is C21H23N3O3. The third-order valence-corrected chi connectivity index (χ3v) is 4.17. The van der Waals surface area contributed by atoms with Gasteiger partial charge in [-0.25, -0.2) is 0 Å². The molecule has 0 fully saturated rings. The molecule has 6 heteroatoms. The number of amides is 1. The lowest BCUT2D eigenvalue weighted by atomic mass is 10.1. The molecule has 1 amide bonds. The van der Waals surface area contributed by atoms with Gasteiger partial charge in [0, 0.05) is 5.56 Å². The number of carbonyl (C=O) groups excluding carboxylic acids is 1. The van der Waals surface area contributed by atoms with Crippen molar-refractivity contribution >= 4 is 5.91 Å². The normalized spacial score (nSPS) is 11.9. The molecule has 6 nitrogen and oxygen atoms in total. The van der Waals surface area contributed by atoms with Crippen molar-refractivity contribution in [3.8, 4) is 17.1 Å². The van der Waals surface area contributed by atoms with E-state index in [1.807, 2.05) is 63.2 Å². The predicted octanol–water partition coefficient (Wildman–Crippen LogP) is 3.75. The minimum absolute atomic E-state index is 0.151. The molecule has 0 spiro atoms. The minimum Gasteiger partial charge on any atom is -0.481 e. The highest BCUT2D eigenvalue weighted by atomic mass is 16.5. The zero-order valence-electron chi connectivity index (χ0n) is 15.9. The van der Waals surface area contributed by atoms with Crippen molar-refractivity contribution in [3.63, 3.8) is 0 Å². The highest BCUT2D eigenvalue weighted by molar-refractivity contribution is 5.80. The summed E-state index contributed by atoms with van der Waals surface area (Å²) >= 11 is 0. The van der Waals surface area contributed by atoms with Gasteiger partial charge < -0.3 is 14.6 Å². The van der Waals surface area contributed by atoms with Crippen LogP contribution in [0.1, 0.15) is 29.5 Å². The fourth-order valence-electron chi connectivity index (χ4n) is 2.61. The van der Waals surface area contributed by atoms with E-state index >= 15 is 0 Å². The number of hydrogen-bond acceptors (Lipinski definition) is 5. The van der Waals surface area contributed by atoms with Crippen LogP contribution in [0.25, 0.3) is 11.4 Å². The standard InChI is InChI=1S/C21H23N3O3/c1-13-6-5-7-17(10-13)20-23-19(27-24-20)12-22-21(25)16(4)26-18-11-14(2)8-9-15(18)3/h5-11,16H,12H2,1-4H3,(H,22,25)/t16-/m0/s1. The minimum atomic E-state index is -0.635. The Morgan fingerprint density at radius 1 is 1.15 bits per heavy atom. The molecular weight excluding hydrogens is 342 g/mol. The summed E-state index contributed by atoms with van der Waals surface area (Å²) in [6, 6.07) is 13.7. The van der Waals surface area contributed by atoms with Gasteiger partial charge in [-0.1, -0.05) is 41.1 Å². The van der Waals surface area contributed by atoms with E-state index in [0.29, 0.717) is 17.5 Å². The van der Waals surface area contributed by atoms with Crippen LogP contribution in [-0.2, 0) is 11.3 Å². The van der Waals surface area contributed by atoms with Gasteiger partial charge in [0.2, 0.25) is 11.7 Å². The maximum atomic E-state index is 12.3. The fourth-order valence-corrected chi connectivity index (χ4v) is 2.61. The van der Waals surface area contributed by atoms with Crippen LogP contribution in [0, 0.1) is 20.8 Å². The lowest BCUT2D eigenvalue weighted by molar-refractivity contribution is -0.127. The van der Waals surface area contributed by atoms with Crippen LogP contribution < -0.4 is 10.1 Å². The quantitative estimate of drug-likeness (QED) is 0.720. The fraction of sp³-hybridized carbons (Fsp3) is 0.286. The molecule has 0 aliphatic carbocycles. The van der Waals surface area contributed by atoms with Crippen LogP contribution in [0.4, 0.5) is 0 Å². The summed E-state index contributed by atoms with van der Waals surface area (Å²) in [6.07, 6.45) is -0.635. The van der Waals surface area contributed by atoms with Crippen molar-refractivity contribution in [3.05, 3.63) is 65.0 Å². The van der Waals surface area contributed by atoms with Gasteiger partial charge >= 0.3 is 0 Å². The van der Waals surface area contributed by atoms with Gasteiger partial charge in [-0.05, 0) is 51.0 Å². The number of nitrogens with one attached hydrogen (secondary N) is 1. The second kappa shape index (κ2) is 8.03. The van der Waals surface area contributed by atoms with E-state index in [-0.39, 0.29) is 12.5 Å². The maximum Gasteiger partial charge on any atom is 0.261 e. The first-order valence-corrected chi connectivity index (χ1v) is 8.83. The number of aryl methyl sites for hydroxylation is 3.